The van der Waals surface area contributed by atoms with E-state index in [4.69, 9.17) is 23.2 Å². The van der Waals surface area contributed by atoms with Crippen LogP contribution < -0.4 is 15.5 Å². The number of anilines is 1. The minimum Gasteiger partial charge on any atom is -0.391 e. The number of benzene rings is 1. The molecule has 0 aliphatic carbocycles. The number of halogens is 5. The molecule has 2 fully saturated rings. The van der Waals surface area contributed by atoms with Gasteiger partial charge in [0.1, 0.15) is 5.82 Å². The lowest BCUT2D eigenvalue weighted by Crippen LogP contribution is -2.50. The van der Waals surface area contributed by atoms with Gasteiger partial charge in [0.25, 0.3) is 0 Å². The Hall–Kier alpha value is -2.08. The van der Waals surface area contributed by atoms with Gasteiger partial charge in [-0.05, 0) is 54.7 Å². The van der Waals surface area contributed by atoms with Gasteiger partial charge >= 0.3 is 6.18 Å². The lowest BCUT2D eigenvalue weighted by molar-refractivity contribution is -0.141. The van der Waals surface area contributed by atoms with Gasteiger partial charge in [0.05, 0.1) is 17.2 Å². The fourth-order valence-electron chi connectivity index (χ4n) is 6.16. The number of pyridine rings is 1. The van der Waals surface area contributed by atoms with Crippen LogP contribution in [0.1, 0.15) is 29.4 Å². The van der Waals surface area contributed by atoms with Crippen LogP contribution in [0.15, 0.2) is 30.3 Å². The van der Waals surface area contributed by atoms with E-state index in [1.807, 2.05) is 18.2 Å². The van der Waals surface area contributed by atoms with Gasteiger partial charge in [0, 0.05) is 73.5 Å². The van der Waals surface area contributed by atoms with Crippen molar-refractivity contribution in [3.05, 3.63) is 57.3 Å². The molecule has 3 aliphatic rings. The second-order valence-corrected chi connectivity index (χ2v) is 11.7. The number of nitrogens with one attached hydrogen (secondary N) is 3. The van der Waals surface area contributed by atoms with Crippen LogP contribution in [-0.4, -0.2) is 77.9 Å². The molecule has 210 valence electrons. The molecule has 0 radical (unpaired) electrons. The fourth-order valence-corrected chi connectivity index (χ4v) is 6.55. The maximum absolute atomic E-state index is 13.5. The van der Waals surface area contributed by atoms with Crippen molar-refractivity contribution in [2.75, 3.05) is 50.7 Å². The van der Waals surface area contributed by atoms with Crippen LogP contribution in [0, 0.1) is 5.92 Å². The molecule has 3 aromatic rings. The van der Waals surface area contributed by atoms with Crippen molar-refractivity contribution < 1.29 is 18.3 Å². The molecule has 0 amide bonds. The number of aliphatic hydroxyl groups excluding tert-OH is 1. The average Bonchev–Trinajstić information content (AvgIpc) is 3.40. The average molecular weight is 583 g/mol. The molecule has 3 aliphatic heterocycles. The first-order valence-electron chi connectivity index (χ1n) is 13.3. The summed E-state index contributed by atoms with van der Waals surface area (Å²) in [6.45, 7) is 5.26. The summed E-state index contributed by atoms with van der Waals surface area (Å²) < 4.78 is 40.6. The van der Waals surface area contributed by atoms with Gasteiger partial charge in [-0.25, -0.2) is 4.98 Å². The Morgan fingerprint density at radius 2 is 1.95 bits per heavy atom. The fraction of sp³-hybridized carbons (Fsp3) is 0.519. The highest BCUT2D eigenvalue weighted by molar-refractivity contribution is 6.31. The van der Waals surface area contributed by atoms with Crippen LogP contribution in [0.4, 0.5) is 19.0 Å². The van der Waals surface area contributed by atoms with Gasteiger partial charge < -0.3 is 25.6 Å². The van der Waals surface area contributed by atoms with E-state index in [2.05, 4.69) is 25.5 Å². The zero-order chi connectivity index (χ0) is 27.3. The molecule has 1 aromatic carbocycles. The Morgan fingerprint density at radius 1 is 1.13 bits per heavy atom. The van der Waals surface area contributed by atoms with Gasteiger partial charge in [-0.1, -0.05) is 23.2 Å². The summed E-state index contributed by atoms with van der Waals surface area (Å²) in [4.78, 5) is 11.7. The van der Waals surface area contributed by atoms with Crippen LogP contribution in [0.2, 0.25) is 10.0 Å². The molecule has 5 heterocycles. The Kier molecular flexibility index (Phi) is 7.45. The van der Waals surface area contributed by atoms with Crippen LogP contribution in [0.3, 0.4) is 0 Å². The third kappa shape index (κ3) is 5.47. The van der Waals surface area contributed by atoms with E-state index < -0.39 is 23.0 Å². The molecule has 6 rings (SSSR count). The van der Waals surface area contributed by atoms with Crippen molar-refractivity contribution in [3.63, 3.8) is 0 Å². The number of rotatable bonds is 7. The molecule has 4 N–H and O–H groups in total. The van der Waals surface area contributed by atoms with Crippen LogP contribution in [-0.2, 0) is 12.6 Å². The van der Waals surface area contributed by atoms with Crippen LogP contribution in [0.5, 0.6) is 0 Å². The number of fused-ring (bicyclic) bond motifs is 3. The van der Waals surface area contributed by atoms with Crippen molar-refractivity contribution in [2.24, 2.45) is 5.92 Å². The third-order valence-corrected chi connectivity index (χ3v) is 8.73. The first-order valence-corrected chi connectivity index (χ1v) is 14.1. The highest BCUT2D eigenvalue weighted by atomic mass is 35.5. The minimum absolute atomic E-state index is 0.0384. The molecule has 2 aromatic heterocycles. The predicted molar refractivity (Wildman–Crippen MR) is 147 cm³/mol. The maximum atomic E-state index is 13.5. The SMILES string of the molecule is O[C@@H]1CC(CN2CCc3c([nH]c4ccc(Cl)cc34)C2CNCC2CNC2)N(c2ccc(Cl)c(C(F)(F)F)n2)C1. The topological polar surface area (TPSA) is 79.5 Å². The lowest BCUT2D eigenvalue weighted by Gasteiger charge is -2.40. The van der Waals surface area contributed by atoms with E-state index in [0.717, 1.165) is 55.7 Å². The van der Waals surface area contributed by atoms with E-state index in [-0.39, 0.29) is 24.4 Å². The molecule has 2 saturated heterocycles. The number of β-amino-alcohol motifs (C(OH)–C–C–N with tert-alkyl or cyclic N) is 1. The number of hydrogen-bond donors (Lipinski definition) is 4. The molecule has 0 saturated carbocycles. The summed E-state index contributed by atoms with van der Waals surface area (Å²) in [5, 5.41) is 18.9. The first-order chi connectivity index (χ1) is 18.7. The van der Waals surface area contributed by atoms with Crippen molar-refractivity contribution in [2.45, 2.75) is 37.2 Å². The van der Waals surface area contributed by atoms with Gasteiger partial charge in [-0.3, -0.25) is 4.90 Å². The van der Waals surface area contributed by atoms with Gasteiger partial charge in [0.2, 0.25) is 0 Å². The van der Waals surface area contributed by atoms with Crippen molar-refractivity contribution in [1.29, 1.82) is 0 Å². The monoisotopic (exact) mass is 582 g/mol. The van der Waals surface area contributed by atoms with Crippen molar-refractivity contribution >= 4 is 39.9 Å². The lowest BCUT2D eigenvalue weighted by atomic mass is 9.96. The van der Waals surface area contributed by atoms with E-state index in [1.165, 1.54) is 17.7 Å². The second kappa shape index (κ2) is 10.7. The number of hydrogen-bond acceptors (Lipinski definition) is 6. The Labute approximate surface area is 234 Å². The quantitative estimate of drug-likeness (QED) is 0.334. The zero-order valence-corrected chi connectivity index (χ0v) is 22.8. The molecule has 3 atom stereocenters. The molecule has 0 spiro atoms. The van der Waals surface area contributed by atoms with Gasteiger partial charge in [-0.2, -0.15) is 13.2 Å². The van der Waals surface area contributed by atoms with E-state index >= 15 is 0 Å². The van der Waals surface area contributed by atoms with Crippen molar-refractivity contribution in [3.8, 4) is 0 Å². The Balaban J connectivity index is 1.27. The number of alkyl halides is 3. The molecule has 39 heavy (non-hydrogen) atoms. The highest BCUT2D eigenvalue weighted by Gasteiger charge is 2.40. The molecule has 0 bridgehead atoms. The maximum Gasteiger partial charge on any atom is 0.434 e. The third-order valence-electron chi connectivity index (χ3n) is 8.19. The summed E-state index contributed by atoms with van der Waals surface area (Å²) in [7, 11) is 0. The molecule has 2 unspecified atom stereocenters. The smallest absolute Gasteiger partial charge is 0.391 e. The highest BCUT2D eigenvalue weighted by Crippen LogP contribution is 2.38. The summed E-state index contributed by atoms with van der Waals surface area (Å²) >= 11 is 12.1. The minimum atomic E-state index is -4.66. The van der Waals surface area contributed by atoms with Crippen LogP contribution >= 0.6 is 23.2 Å². The van der Waals surface area contributed by atoms with E-state index in [0.29, 0.717) is 23.9 Å². The normalized spacial score (nSPS) is 24.4. The van der Waals surface area contributed by atoms with Gasteiger partial charge in [0.15, 0.2) is 5.69 Å². The van der Waals surface area contributed by atoms with Gasteiger partial charge in [-0.15, -0.1) is 0 Å². The number of H-pyrrole nitrogens is 1. The van der Waals surface area contributed by atoms with Crippen LogP contribution in [0.25, 0.3) is 10.9 Å². The molecule has 7 nitrogen and oxygen atoms in total. The summed E-state index contributed by atoms with van der Waals surface area (Å²) in [5.74, 6) is 0.792. The zero-order valence-electron chi connectivity index (χ0n) is 21.2. The van der Waals surface area contributed by atoms with Crippen molar-refractivity contribution in [1.82, 2.24) is 25.5 Å². The summed E-state index contributed by atoms with van der Waals surface area (Å²) in [5.41, 5.74) is 2.35. The van der Waals surface area contributed by atoms with E-state index in [1.54, 1.807) is 4.90 Å². The Bertz CT molecular complexity index is 1350. The van der Waals surface area contributed by atoms with E-state index in [9.17, 15) is 18.3 Å². The molecule has 12 heteroatoms. The number of aromatic amines is 1. The molecular weight excluding hydrogens is 552 g/mol. The summed E-state index contributed by atoms with van der Waals surface area (Å²) in [6, 6.07) is 8.47. The number of aliphatic hydroxyl groups is 1. The first kappa shape index (κ1) is 27.1. The number of nitrogens with zero attached hydrogens (tertiary/aromatic N) is 3. The largest absolute Gasteiger partial charge is 0.434 e. The Morgan fingerprint density at radius 3 is 2.69 bits per heavy atom. The summed E-state index contributed by atoms with van der Waals surface area (Å²) in [6.07, 6.45) is -4.04. The standard InChI is InChI=1S/C27H31Cl2F3N6O/c28-16-1-3-22-20(7-16)19-5-6-37(23(25(19)35-22)12-34-11-15-9-33-10-15)13-17-8-18(39)14-38(17)24-4-2-21(29)26(36-24)27(30,31)32/h1-4,7,15,17-18,23,33-35,39H,5-6,8-14H2/t17?,18-,23?/m1/s1. The predicted octanol–water partition coefficient (Wildman–Crippen LogP) is 4.24. The molecular formula is C27H31Cl2F3N6O. The number of aromatic nitrogens is 2. The second-order valence-electron chi connectivity index (χ2n) is 10.8.